The number of amides is 2. The minimum Gasteiger partial charge on any atom is -0.495 e. The minimum absolute atomic E-state index is 0.0965. The molecular formula is C32H41N3O5S. The highest BCUT2D eigenvalue weighted by atomic mass is 32.2. The topological polar surface area (TPSA) is 96.0 Å². The van der Waals surface area contributed by atoms with Crippen molar-refractivity contribution in [2.75, 3.05) is 24.2 Å². The maximum Gasteiger partial charge on any atom is 0.244 e. The van der Waals surface area contributed by atoms with Crippen LogP contribution in [0, 0.1) is 13.8 Å². The van der Waals surface area contributed by atoms with Gasteiger partial charge in [0.1, 0.15) is 18.3 Å². The number of rotatable bonds is 13. The molecule has 3 rings (SSSR count). The van der Waals surface area contributed by atoms with Crippen molar-refractivity contribution < 1.29 is 22.7 Å². The number of benzene rings is 3. The fourth-order valence-electron chi connectivity index (χ4n) is 4.59. The molecule has 220 valence electrons. The molecule has 0 aliphatic rings. The van der Waals surface area contributed by atoms with Crippen LogP contribution < -0.4 is 14.4 Å². The van der Waals surface area contributed by atoms with E-state index < -0.39 is 28.5 Å². The van der Waals surface area contributed by atoms with Gasteiger partial charge in [-0.1, -0.05) is 73.2 Å². The van der Waals surface area contributed by atoms with Gasteiger partial charge in [0.2, 0.25) is 21.8 Å². The normalized spacial score (nSPS) is 12.7. The number of carbonyl (C=O) groups is 2. The van der Waals surface area contributed by atoms with Gasteiger partial charge in [-0.25, -0.2) is 8.42 Å². The third-order valence-corrected chi connectivity index (χ3v) is 8.12. The molecule has 3 aromatic rings. The van der Waals surface area contributed by atoms with Crippen LogP contribution in [-0.4, -0.2) is 57.1 Å². The second-order valence-corrected chi connectivity index (χ2v) is 12.4. The van der Waals surface area contributed by atoms with Crippen molar-refractivity contribution in [2.24, 2.45) is 0 Å². The van der Waals surface area contributed by atoms with Gasteiger partial charge >= 0.3 is 0 Å². The first-order valence-electron chi connectivity index (χ1n) is 13.7. The van der Waals surface area contributed by atoms with E-state index in [1.165, 1.54) is 12.0 Å². The molecule has 0 aliphatic carbocycles. The zero-order valence-electron chi connectivity index (χ0n) is 24.8. The average molecular weight is 580 g/mol. The molecule has 0 bridgehead atoms. The summed E-state index contributed by atoms with van der Waals surface area (Å²) in [7, 11) is -2.44. The zero-order valence-corrected chi connectivity index (χ0v) is 25.6. The second kappa shape index (κ2) is 14.2. The lowest BCUT2D eigenvalue weighted by molar-refractivity contribution is -0.140. The Bertz CT molecular complexity index is 1440. The van der Waals surface area contributed by atoms with Gasteiger partial charge in [-0.05, 0) is 56.0 Å². The molecule has 0 saturated carbocycles. The smallest absolute Gasteiger partial charge is 0.244 e. The molecule has 0 fully saturated rings. The highest BCUT2D eigenvalue weighted by molar-refractivity contribution is 7.92. The first-order chi connectivity index (χ1) is 19.4. The molecule has 0 heterocycles. The summed E-state index contributed by atoms with van der Waals surface area (Å²) in [6, 6.07) is 21.4. The highest BCUT2D eigenvalue weighted by Crippen LogP contribution is 2.31. The standard InChI is InChI=1S/C32H41N3O5S/c1-7-25(4)33-32(37)29(20-26-13-9-8-10-14-26)34(21-27-15-11-12-23(2)18-27)31(36)22-35(41(6,38)39)28-19-24(3)16-17-30(28)40-5/h8-19,25,29H,7,20-22H2,1-6H3,(H,33,37)/t25-,29-/m1/s1. The van der Waals surface area contributed by atoms with Gasteiger partial charge < -0.3 is 15.0 Å². The Morgan fingerprint density at radius 3 is 2.20 bits per heavy atom. The van der Waals surface area contributed by atoms with Crippen LogP contribution in [0.3, 0.4) is 0 Å². The molecule has 2 amide bonds. The van der Waals surface area contributed by atoms with E-state index in [-0.39, 0.29) is 30.6 Å². The third-order valence-electron chi connectivity index (χ3n) is 6.99. The van der Waals surface area contributed by atoms with Crippen LogP contribution in [0.1, 0.15) is 42.5 Å². The molecule has 0 aliphatic heterocycles. The Balaban J connectivity index is 2.10. The number of hydrogen-bond acceptors (Lipinski definition) is 5. The number of methoxy groups -OCH3 is 1. The van der Waals surface area contributed by atoms with Crippen LogP contribution in [-0.2, 0) is 32.6 Å². The maximum absolute atomic E-state index is 14.2. The molecule has 0 saturated heterocycles. The number of aryl methyl sites for hydroxylation is 2. The molecule has 9 heteroatoms. The number of sulfonamides is 1. The van der Waals surface area contributed by atoms with Crippen molar-refractivity contribution >= 4 is 27.5 Å². The molecule has 2 atom stereocenters. The summed E-state index contributed by atoms with van der Waals surface area (Å²) < 4.78 is 32.6. The van der Waals surface area contributed by atoms with E-state index in [2.05, 4.69) is 5.32 Å². The first kappa shape index (κ1) is 31.7. The molecule has 0 spiro atoms. The van der Waals surface area contributed by atoms with Gasteiger partial charge in [-0.15, -0.1) is 0 Å². The molecule has 0 unspecified atom stereocenters. The molecule has 41 heavy (non-hydrogen) atoms. The van der Waals surface area contributed by atoms with Gasteiger partial charge in [-0.3, -0.25) is 13.9 Å². The van der Waals surface area contributed by atoms with Crippen molar-refractivity contribution in [2.45, 2.75) is 59.2 Å². The Hall–Kier alpha value is -3.85. The largest absolute Gasteiger partial charge is 0.495 e. The van der Waals surface area contributed by atoms with Gasteiger partial charge in [0.25, 0.3) is 0 Å². The monoisotopic (exact) mass is 579 g/mol. The van der Waals surface area contributed by atoms with E-state index in [4.69, 9.17) is 4.74 Å². The van der Waals surface area contributed by atoms with E-state index in [0.717, 1.165) is 39.2 Å². The lowest BCUT2D eigenvalue weighted by atomic mass is 10.0. The molecule has 1 N–H and O–H groups in total. The van der Waals surface area contributed by atoms with E-state index in [9.17, 15) is 18.0 Å². The van der Waals surface area contributed by atoms with Crippen molar-refractivity contribution in [3.8, 4) is 5.75 Å². The van der Waals surface area contributed by atoms with Crippen molar-refractivity contribution in [1.29, 1.82) is 0 Å². The molecule has 8 nitrogen and oxygen atoms in total. The maximum atomic E-state index is 14.2. The van der Waals surface area contributed by atoms with E-state index >= 15 is 0 Å². The average Bonchev–Trinajstić information content (AvgIpc) is 2.93. The number of hydrogen-bond donors (Lipinski definition) is 1. The summed E-state index contributed by atoms with van der Waals surface area (Å²) in [5.74, 6) is -0.460. The molecule has 0 radical (unpaired) electrons. The van der Waals surface area contributed by atoms with E-state index in [1.54, 1.807) is 12.1 Å². The number of nitrogens with zero attached hydrogens (tertiary/aromatic N) is 2. The van der Waals surface area contributed by atoms with Gasteiger partial charge in [0.15, 0.2) is 0 Å². The van der Waals surface area contributed by atoms with Crippen molar-refractivity contribution in [3.05, 3.63) is 95.1 Å². The minimum atomic E-state index is -3.90. The van der Waals surface area contributed by atoms with Crippen LogP contribution in [0.15, 0.2) is 72.8 Å². The Morgan fingerprint density at radius 2 is 1.59 bits per heavy atom. The number of carbonyl (C=O) groups excluding carboxylic acids is 2. The van der Waals surface area contributed by atoms with Crippen LogP contribution in [0.5, 0.6) is 5.75 Å². The Labute approximate surface area is 244 Å². The third kappa shape index (κ3) is 8.82. The van der Waals surface area contributed by atoms with Crippen LogP contribution in [0.2, 0.25) is 0 Å². The number of anilines is 1. The molecule has 0 aromatic heterocycles. The van der Waals surface area contributed by atoms with Crippen LogP contribution in [0.4, 0.5) is 5.69 Å². The fourth-order valence-corrected chi connectivity index (χ4v) is 5.44. The summed E-state index contributed by atoms with van der Waals surface area (Å²) in [5.41, 5.74) is 3.82. The first-order valence-corrected chi connectivity index (χ1v) is 15.6. The zero-order chi connectivity index (χ0) is 30.2. The number of nitrogens with one attached hydrogen (secondary N) is 1. The predicted molar refractivity (Wildman–Crippen MR) is 163 cm³/mol. The predicted octanol–water partition coefficient (Wildman–Crippen LogP) is 4.63. The highest BCUT2D eigenvalue weighted by Gasteiger charge is 2.34. The van der Waals surface area contributed by atoms with E-state index in [0.29, 0.717) is 5.75 Å². The van der Waals surface area contributed by atoms with Crippen molar-refractivity contribution in [3.63, 3.8) is 0 Å². The molecular weight excluding hydrogens is 538 g/mol. The summed E-state index contributed by atoms with van der Waals surface area (Å²) in [5, 5.41) is 3.04. The van der Waals surface area contributed by atoms with E-state index in [1.807, 2.05) is 88.4 Å². The summed E-state index contributed by atoms with van der Waals surface area (Å²) >= 11 is 0. The van der Waals surface area contributed by atoms with Gasteiger partial charge in [-0.2, -0.15) is 0 Å². The lowest BCUT2D eigenvalue weighted by Crippen LogP contribution is -2.54. The summed E-state index contributed by atoms with van der Waals surface area (Å²) in [6.07, 6.45) is 2.06. The molecule has 3 aromatic carbocycles. The van der Waals surface area contributed by atoms with Crippen molar-refractivity contribution in [1.82, 2.24) is 10.2 Å². The quantitative estimate of drug-likeness (QED) is 0.319. The summed E-state index contributed by atoms with van der Waals surface area (Å²) in [4.78, 5) is 29.5. The number of ether oxygens (including phenoxy) is 1. The SMILES string of the molecule is CC[C@@H](C)NC(=O)[C@@H](Cc1ccccc1)N(Cc1cccc(C)c1)C(=O)CN(c1cc(C)ccc1OC)S(C)(=O)=O. The lowest BCUT2D eigenvalue weighted by Gasteiger charge is -2.34. The fraction of sp³-hybridized carbons (Fsp3) is 0.375. The second-order valence-electron chi connectivity index (χ2n) is 10.5. The van der Waals surface area contributed by atoms with Gasteiger partial charge in [0, 0.05) is 19.0 Å². The van der Waals surface area contributed by atoms with Crippen LogP contribution >= 0.6 is 0 Å². The van der Waals surface area contributed by atoms with Gasteiger partial charge in [0.05, 0.1) is 19.1 Å². The summed E-state index contributed by atoms with van der Waals surface area (Å²) in [6.45, 7) is 7.33. The Morgan fingerprint density at radius 1 is 0.927 bits per heavy atom. The van der Waals surface area contributed by atoms with Crippen LogP contribution in [0.25, 0.3) is 0 Å². The Kier molecular flexibility index (Phi) is 10.9.